The number of aryl methyl sites for hydroxylation is 3. The third-order valence-corrected chi connectivity index (χ3v) is 9.01. The van der Waals surface area contributed by atoms with Crippen molar-refractivity contribution in [2.75, 3.05) is 31.0 Å². The number of hydrogen-bond acceptors (Lipinski definition) is 12. The van der Waals surface area contributed by atoms with E-state index in [0.717, 1.165) is 4.68 Å². The lowest BCUT2D eigenvalue weighted by Gasteiger charge is -2.13. The number of carbonyl (C=O) groups excluding carboxylic acids is 4. The number of fused-ring (bicyclic) bond motifs is 2. The fraction of sp³-hybridized carbons (Fsp3) is 0.289. The molecule has 308 valence electrons. The van der Waals surface area contributed by atoms with Gasteiger partial charge in [0, 0.05) is 43.8 Å². The number of rotatable bonds is 18. The molecule has 0 saturated heterocycles. The highest BCUT2D eigenvalue weighted by Gasteiger charge is 2.24. The molecule has 2 aromatic carbocycles. The molecule has 0 atom stereocenters. The molecule has 0 spiro atoms. The number of aliphatic carboxylic acids is 1. The first-order valence-electron chi connectivity index (χ1n) is 18.3. The van der Waals surface area contributed by atoms with Gasteiger partial charge in [-0.3, -0.25) is 39.3 Å². The van der Waals surface area contributed by atoms with E-state index in [1.807, 2.05) is 6.92 Å². The highest BCUT2D eigenvalue weighted by atomic mass is 16.5. The highest BCUT2D eigenvalue weighted by Crippen LogP contribution is 2.33. The smallest absolute Gasteiger partial charge is 0.325 e. The summed E-state index contributed by atoms with van der Waals surface area (Å²) in [6.07, 6.45) is 3.77. The van der Waals surface area contributed by atoms with E-state index >= 15 is 0 Å². The van der Waals surface area contributed by atoms with Crippen LogP contribution in [0.3, 0.4) is 0 Å². The quantitative estimate of drug-likeness (QED) is 0.0537. The number of benzene rings is 2. The van der Waals surface area contributed by atoms with Crippen molar-refractivity contribution in [2.45, 2.75) is 53.4 Å². The minimum absolute atomic E-state index is 0.00789. The standard InChI is InChI=1S/C38H42N12O9/c1-5-49-26(13-20(2)45-49)35(56)43-37-41-24-15-22(33(39)54)17-28(58-4)31(24)47(37)9-6-7-10-48-32-25(16-23(34(40)55)18-29(32)59-12-8-11-51)42-38(48)44-36(57)27-14-21(3)46-50(27)19-30(52)53/h6-7,13-18,51H,5,8-12,19H2,1-4H3,(H2,39,54)(H2,40,55)(H,52,53)(H,41,43,56)(H,42,44,57)/b7-6+. The first kappa shape index (κ1) is 41.1. The average Bonchev–Trinajstić information content (AvgIpc) is 3.94. The Morgan fingerprint density at radius 3 is 1.73 bits per heavy atom. The van der Waals surface area contributed by atoms with E-state index in [9.17, 15) is 34.2 Å². The van der Waals surface area contributed by atoms with Crippen molar-refractivity contribution in [3.05, 3.63) is 82.5 Å². The molecule has 0 saturated carbocycles. The summed E-state index contributed by atoms with van der Waals surface area (Å²) in [7, 11) is 1.42. The van der Waals surface area contributed by atoms with E-state index in [1.54, 1.807) is 45.9 Å². The number of primary amides is 2. The minimum Gasteiger partial charge on any atom is -0.494 e. The Balaban J connectivity index is 1.41. The van der Waals surface area contributed by atoms with Gasteiger partial charge in [0.2, 0.25) is 23.7 Å². The Bertz CT molecular complexity index is 2650. The van der Waals surface area contributed by atoms with Crippen LogP contribution in [0.2, 0.25) is 0 Å². The van der Waals surface area contributed by atoms with Gasteiger partial charge in [0.1, 0.15) is 40.5 Å². The minimum atomic E-state index is -1.20. The molecular weight excluding hydrogens is 768 g/mol. The summed E-state index contributed by atoms with van der Waals surface area (Å²) >= 11 is 0. The molecule has 6 aromatic rings. The number of amides is 4. The first-order chi connectivity index (χ1) is 28.2. The summed E-state index contributed by atoms with van der Waals surface area (Å²) in [5, 5.41) is 32.9. The number of ether oxygens (including phenoxy) is 2. The van der Waals surface area contributed by atoms with Crippen molar-refractivity contribution in [1.82, 2.24) is 38.7 Å². The molecule has 0 aliphatic rings. The Morgan fingerprint density at radius 2 is 1.25 bits per heavy atom. The molecule has 4 amide bonds. The van der Waals surface area contributed by atoms with Crippen molar-refractivity contribution in [2.24, 2.45) is 11.5 Å². The highest BCUT2D eigenvalue weighted by molar-refractivity contribution is 6.05. The number of anilines is 2. The van der Waals surface area contributed by atoms with Crippen LogP contribution in [0.4, 0.5) is 11.9 Å². The third kappa shape index (κ3) is 8.73. The SMILES string of the molecule is CCn1nc(C)cc1C(=O)Nc1nc2cc(C(N)=O)cc(OC)c2n1C/C=C/Cn1c(NC(=O)c2cc(C)nn2CC(=O)O)nc2cc(C(N)=O)cc(OCCCO)c21. The van der Waals surface area contributed by atoms with Gasteiger partial charge >= 0.3 is 5.97 Å². The molecule has 59 heavy (non-hydrogen) atoms. The summed E-state index contributed by atoms with van der Waals surface area (Å²) in [5.41, 5.74) is 14.2. The van der Waals surface area contributed by atoms with Crippen LogP contribution in [0.25, 0.3) is 22.1 Å². The zero-order valence-corrected chi connectivity index (χ0v) is 32.6. The molecule has 0 fully saturated rings. The lowest BCUT2D eigenvalue weighted by Crippen LogP contribution is -2.22. The maximum atomic E-state index is 13.7. The van der Waals surface area contributed by atoms with Gasteiger partial charge in [-0.25, -0.2) is 14.6 Å². The van der Waals surface area contributed by atoms with Crippen LogP contribution in [0, 0.1) is 13.8 Å². The number of aliphatic hydroxyl groups excluding tert-OH is 1. The number of methoxy groups -OCH3 is 1. The molecular formula is C38H42N12O9. The fourth-order valence-corrected chi connectivity index (χ4v) is 6.44. The normalized spacial score (nSPS) is 11.4. The number of nitrogens with one attached hydrogen (secondary N) is 2. The third-order valence-electron chi connectivity index (χ3n) is 9.01. The second kappa shape index (κ2) is 17.3. The van der Waals surface area contributed by atoms with E-state index in [4.69, 9.17) is 20.9 Å². The molecule has 0 radical (unpaired) electrons. The molecule has 0 bridgehead atoms. The van der Waals surface area contributed by atoms with Gasteiger partial charge in [-0.05, 0) is 57.2 Å². The maximum absolute atomic E-state index is 13.7. The molecule has 0 aliphatic heterocycles. The van der Waals surface area contributed by atoms with E-state index in [-0.39, 0.29) is 78.5 Å². The summed E-state index contributed by atoms with van der Waals surface area (Å²) in [4.78, 5) is 72.5. The van der Waals surface area contributed by atoms with Crippen LogP contribution in [-0.4, -0.2) is 98.8 Å². The molecule has 0 aliphatic carbocycles. The molecule has 4 aromatic heterocycles. The van der Waals surface area contributed by atoms with E-state index in [1.165, 1.54) is 37.4 Å². The van der Waals surface area contributed by atoms with Crippen LogP contribution >= 0.6 is 0 Å². The topological polar surface area (TPSA) is 292 Å². The summed E-state index contributed by atoms with van der Waals surface area (Å²) in [5.74, 6) is -3.25. The number of allylic oxidation sites excluding steroid dienone is 2. The maximum Gasteiger partial charge on any atom is 0.325 e. The van der Waals surface area contributed by atoms with Gasteiger partial charge in [0.25, 0.3) is 11.8 Å². The summed E-state index contributed by atoms with van der Waals surface area (Å²) < 4.78 is 17.5. The molecule has 0 unspecified atom stereocenters. The van der Waals surface area contributed by atoms with Crippen molar-refractivity contribution in [3.8, 4) is 11.5 Å². The lowest BCUT2D eigenvalue weighted by atomic mass is 10.1. The Hall–Kier alpha value is -7.55. The van der Waals surface area contributed by atoms with Crippen molar-refractivity contribution < 1.29 is 43.7 Å². The van der Waals surface area contributed by atoms with Gasteiger partial charge in [-0.15, -0.1) is 0 Å². The monoisotopic (exact) mass is 810 g/mol. The van der Waals surface area contributed by atoms with Gasteiger partial charge in [0.05, 0.1) is 36.1 Å². The van der Waals surface area contributed by atoms with Gasteiger partial charge < -0.3 is 40.3 Å². The summed E-state index contributed by atoms with van der Waals surface area (Å²) in [6.45, 7) is 5.17. The molecule has 21 nitrogen and oxygen atoms in total. The summed E-state index contributed by atoms with van der Waals surface area (Å²) in [6, 6.07) is 8.93. The number of nitrogens with zero attached hydrogens (tertiary/aromatic N) is 8. The molecule has 21 heteroatoms. The number of imidazole rings is 2. The lowest BCUT2D eigenvalue weighted by molar-refractivity contribution is -0.137. The van der Waals surface area contributed by atoms with Crippen LogP contribution in [-0.2, 0) is 31.0 Å². The first-order valence-corrected chi connectivity index (χ1v) is 18.3. The predicted molar refractivity (Wildman–Crippen MR) is 213 cm³/mol. The Labute approximate surface area is 335 Å². The molecule has 4 heterocycles. The largest absolute Gasteiger partial charge is 0.494 e. The van der Waals surface area contributed by atoms with Gasteiger partial charge in [-0.2, -0.15) is 10.2 Å². The number of carboxylic acid groups (broad SMARTS) is 1. The molecule has 6 rings (SSSR count). The van der Waals surface area contributed by atoms with Crippen molar-refractivity contribution in [3.63, 3.8) is 0 Å². The number of carbonyl (C=O) groups is 5. The number of aliphatic hydroxyl groups is 1. The zero-order valence-electron chi connectivity index (χ0n) is 32.6. The van der Waals surface area contributed by atoms with Crippen LogP contribution in [0.1, 0.15) is 66.4 Å². The van der Waals surface area contributed by atoms with E-state index < -0.39 is 36.1 Å². The van der Waals surface area contributed by atoms with Crippen molar-refractivity contribution >= 4 is 63.6 Å². The van der Waals surface area contributed by atoms with Crippen LogP contribution < -0.4 is 31.6 Å². The number of hydrogen-bond donors (Lipinski definition) is 6. The van der Waals surface area contributed by atoms with Gasteiger partial charge in [-0.1, -0.05) is 12.2 Å². The van der Waals surface area contributed by atoms with Gasteiger partial charge in [0.15, 0.2) is 0 Å². The Kier molecular flexibility index (Phi) is 12.0. The fourth-order valence-electron chi connectivity index (χ4n) is 6.44. The van der Waals surface area contributed by atoms with Crippen LogP contribution in [0.5, 0.6) is 11.5 Å². The number of carboxylic acids is 1. The van der Waals surface area contributed by atoms with E-state index in [2.05, 4.69) is 30.8 Å². The Morgan fingerprint density at radius 1 is 0.763 bits per heavy atom. The number of aromatic nitrogens is 8. The zero-order chi connectivity index (χ0) is 42.5. The number of nitrogens with two attached hydrogens (primary N) is 2. The van der Waals surface area contributed by atoms with E-state index in [0.29, 0.717) is 40.2 Å². The predicted octanol–water partition coefficient (Wildman–Crippen LogP) is 2.23. The second-order valence-corrected chi connectivity index (χ2v) is 13.2. The van der Waals surface area contributed by atoms with Crippen LogP contribution in [0.15, 0.2) is 48.6 Å². The molecule has 8 N–H and O–H groups in total. The average molecular weight is 811 g/mol. The van der Waals surface area contributed by atoms with Crippen molar-refractivity contribution in [1.29, 1.82) is 0 Å². The second-order valence-electron chi connectivity index (χ2n) is 13.2.